The van der Waals surface area contributed by atoms with Crippen molar-refractivity contribution >= 4 is 6.09 Å². The topological polar surface area (TPSA) is 88.4 Å². The molecule has 0 saturated heterocycles. The average molecular weight is 300 g/mol. The molecule has 0 atom stereocenters. The molecular weight excluding hydrogens is 268 g/mol. The minimum Gasteiger partial charge on any atom is -0.444 e. The van der Waals surface area contributed by atoms with Gasteiger partial charge in [0.15, 0.2) is 0 Å². The molecule has 1 amide bonds. The number of hydrogen-bond acceptors (Lipinski definition) is 5. The van der Waals surface area contributed by atoms with E-state index in [0.717, 1.165) is 45.6 Å². The highest BCUT2D eigenvalue weighted by atomic mass is 16.6. The van der Waals surface area contributed by atoms with Crippen LogP contribution in [0.2, 0.25) is 0 Å². The maximum Gasteiger partial charge on any atom is 0.407 e. The van der Waals surface area contributed by atoms with Crippen molar-refractivity contribution in [3.05, 3.63) is 12.2 Å². The summed E-state index contributed by atoms with van der Waals surface area (Å²) in [5.41, 5.74) is 4.96. The molecule has 0 bridgehead atoms. The maximum atomic E-state index is 11.4. The van der Waals surface area contributed by atoms with E-state index in [1.54, 1.807) is 0 Å². The third kappa shape index (κ3) is 16.8. The van der Waals surface area contributed by atoms with Gasteiger partial charge in [-0.3, -0.25) is 0 Å². The highest BCUT2D eigenvalue weighted by Gasteiger charge is 2.15. The highest BCUT2D eigenvalue weighted by Crippen LogP contribution is 2.06. The predicted molar refractivity (Wildman–Crippen MR) is 87.4 cm³/mol. The Morgan fingerprint density at radius 1 is 1.05 bits per heavy atom. The van der Waals surface area contributed by atoms with Crippen molar-refractivity contribution in [1.29, 1.82) is 0 Å². The quantitative estimate of drug-likeness (QED) is 0.337. The number of nitrogens with one attached hydrogen (secondary N) is 3. The predicted octanol–water partition coefficient (Wildman–Crippen LogP) is 0.985. The van der Waals surface area contributed by atoms with Crippen molar-refractivity contribution in [2.75, 3.05) is 39.3 Å². The van der Waals surface area contributed by atoms with Gasteiger partial charge in [-0.05, 0) is 53.2 Å². The zero-order valence-corrected chi connectivity index (χ0v) is 13.7. The molecular formula is C15H32N4O2. The van der Waals surface area contributed by atoms with E-state index in [2.05, 4.69) is 28.1 Å². The van der Waals surface area contributed by atoms with Crippen molar-refractivity contribution < 1.29 is 9.53 Å². The van der Waals surface area contributed by atoms with E-state index >= 15 is 0 Å². The van der Waals surface area contributed by atoms with E-state index in [0.29, 0.717) is 6.54 Å². The molecule has 0 aliphatic carbocycles. The van der Waals surface area contributed by atoms with Gasteiger partial charge in [-0.15, -0.1) is 0 Å². The summed E-state index contributed by atoms with van der Waals surface area (Å²) in [6.07, 6.45) is 5.73. The van der Waals surface area contributed by atoms with Crippen molar-refractivity contribution in [2.45, 2.75) is 39.2 Å². The van der Waals surface area contributed by atoms with Gasteiger partial charge in [-0.2, -0.15) is 0 Å². The number of carbonyl (C=O) groups excluding carboxylic acids is 1. The number of nitrogens with two attached hydrogens (primary N) is 1. The largest absolute Gasteiger partial charge is 0.444 e. The number of carbonyl (C=O) groups is 1. The third-order valence-electron chi connectivity index (χ3n) is 2.45. The molecule has 0 fully saturated rings. The van der Waals surface area contributed by atoms with Crippen LogP contribution in [0.5, 0.6) is 0 Å². The molecule has 6 heteroatoms. The fourth-order valence-electron chi connectivity index (χ4n) is 1.48. The van der Waals surface area contributed by atoms with Gasteiger partial charge in [-0.1, -0.05) is 12.2 Å². The van der Waals surface area contributed by atoms with Crippen LogP contribution in [0.15, 0.2) is 12.2 Å². The molecule has 21 heavy (non-hydrogen) atoms. The lowest BCUT2D eigenvalue weighted by Gasteiger charge is -2.19. The van der Waals surface area contributed by atoms with Crippen LogP contribution in [-0.4, -0.2) is 51.0 Å². The Hall–Kier alpha value is -1.11. The summed E-state index contributed by atoms with van der Waals surface area (Å²) in [6, 6.07) is 0. The Balaban J connectivity index is 3.29. The summed E-state index contributed by atoms with van der Waals surface area (Å²) in [5, 5.41) is 9.29. The zero-order valence-electron chi connectivity index (χ0n) is 13.7. The number of alkyl carbamates (subject to hydrolysis) is 1. The van der Waals surface area contributed by atoms with Gasteiger partial charge in [0.05, 0.1) is 0 Å². The molecule has 0 spiro atoms. The van der Waals surface area contributed by atoms with Crippen molar-refractivity contribution in [2.24, 2.45) is 5.73 Å². The molecule has 0 unspecified atom stereocenters. The van der Waals surface area contributed by atoms with Crippen LogP contribution in [0.25, 0.3) is 0 Å². The minimum atomic E-state index is -0.439. The smallest absolute Gasteiger partial charge is 0.407 e. The standard InChI is InChI=1S/C15H32N4O2/c1-15(2,3)21-14(20)19-13-7-12-18-10-5-4-9-17-11-6-8-16/h4-5,17-18H,6-13,16H2,1-3H3,(H,19,20). The second-order valence-corrected chi connectivity index (χ2v) is 5.80. The summed E-state index contributed by atoms with van der Waals surface area (Å²) in [5.74, 6) is 0. The van der Waals surface area contributed by atoms with Gasteiger partial charge in [-0.25, -0.2) is 4.79 Å². The van der Waals surface area contributed by atoms with Crippen LogP contribution in [-0.2, 0) is 4.74 Å². The molecule has 0 heterocycles. The first-order valence-electron chi connectivity index (χ1n) is 7.69. The molecule has 6 nitrogen and oxygen atoms in total. The van der Waals surface area contributed by atoms with E-state index in [9.17, 15) is 4.79 Å². The highest BCUT2D eigenvalue weighted by molar-refractivity contribution is 5.67. The van der Waals surface area contributed by atoms with E-state index in [1.807, 2.05) is 20.8 Å². The van der Waals surface area contributed by atoms with Crippen molar-refractivity contribution in [3.8, 4) is 0 Å². The Bertz CT molecular complexity index is 288. The van der Waals surface area contributed by atoms with Gasteiger partial charge >= 0.3 is 6.09 Å². The van der Waals surface area contributed by atoms with Crippen molar-refractivity contribution in [3.63, 3.8) is 0 Å². The van der Waals surface area contributed by atoms with Crippen LogP contribution in [0, 0.1) is 0 Å². The SMILES string of the molecule is CC(C)(C)OC(=O)NCCCNCC=CCNCCCN. The van der Waals surface area contributed by atoms with E-state index < -0.39 is 5.60 Å². The van der Waals surface area contributed by atoms with Crippen molar-refractivity contribution in [1.82, 2.24) is 16.0 Å². The first kappa shape index (κ1) is 19.9. The molecule has 0 radical (unpaired) electrons. The summed E-state index contributed by atoms with van der Waals surface area (Å²) >= 11 is 0. The molecule has 0 aromatic heterocycles. The lowest BCUT2D eigenvalue weighted by atomic mass is 10.2. The summed E-state index contributed by atoms with van der Waals surface area (Å²) in [7, 11) is 0. The van der Waals surface area contributed by atoms with Gasteiger partial charge in [0.1, 0.15) is 5.60 Å². The third-order valence-corrected chi connectivity index (χ3v) is 2.45. The van der Waals surface area contributed by atoms with E-state index in [4.69, 9.17) is 10.5 Å². The Morgan fingerprint density at radius 3 is 2.14 bits per heavy atom. The van der Waals surface area contributed by atoms with Gasteiger partial charge in [0.25, 0.3) is 0 Å². The Labute approximate surface area is 128 Å². The molecule has 5 N–H and O–H groups in total. The first-order valence-corrected chi connectivity index (χ1v) is 7.69. The van der Waals surface area contributed by atoms with Crippen LogP contribution >= 0.6 is 0 Å². The van der Waals surface area contributed by atoms with E-state index in [-0.39, 0.29) is 6.09 Å². The Kier molecular flexibility index (Phi) is 12.0. The lowest BCUT2D eigenvalue weighted by Crippen LogP contribution is -2.33. The molecule has 0 aromatic carbocycles. The summed E-state index contributed by atoms with van der Waals surface area (Å²) in [6.45, 7) is 10.4. The van der Waals surface area contributed by atoms with E-state index in [1.165, 1.54) is 0 Å². The first-order chi connectivity index (χ1) is 9.95. The summed E-state index contributed by atoms with van der Waals surface area (Å²) in [4.78, 5) is 11.4. The maximum absolute atomic E-state index is 11.4. The fourth-order valence-corrected chi connectivity index (χ4v) is 1.48. The molecule has 0 aliphatic rings. The molecule has 0 aliphatic heterocycles. The molecule has 0 rings (SSSR count). The van der Waals surface area contributed by atoms with Crippen LogP contribution < -0.4 is 21.7 Å². The average Bonchev–Trinajstić information content (AvgIpc) is 2.38. The number of rotatable bonds is 11. The fraction of sp³-hybridized carbons (Fsp3) is 0.800. The van der Waals surface area contributed by atoms with Crippen LogP contribution in [0.3, 0.4) is 0 Å². The molecule has 124 valence electrons. The number of hydrogen-bond donors (Lipinski definition) is 4. The minimum absolute atomic E-state index is 0.356. The van der Waals surface area contributed by atoms with Crippen LogP contribution in [0.4, 0.5) is 4.79 Å². The Morgan fingerprint density at radius 2 is 1.62 bits per heavy atom. The monoisotopic (exact) mass is 300 g/mol. The van der Waals surface area contributed by atoms with Gasteiger partial charge in [0, 0.05) is 19.6 Å². The number of ether oxygens (including phenoxy) is 1. The van der Waals surface area contributed by atoms with Gasteiger partial charge in [0.2, 0.25) is 0 Å². The number of amides is 1. The normalized spacial score (nSPS) is 11.8. The molecule has 0 aromatic rings. The second kappa shape index (κ2) is 12.6. The summed E-state index contributed by atoms with van der Waals surface area (Å²) < 4.78 is 5.14. The second-order valence-electron chi connectivity index (χ2n) is 5.80. The zero-order chi connectivity index (χ0) is 16.0. The van der Waals surface area contributed by atoms with Crippen LogP contribution in [0.1, 0.15) is 33.6 Å². The van der Waals surface area contributed by atoms with Gasteiger partial charge < -0.3 is 26.4 Å². The lowest BCUT2D eigenvalue weighted by molar-refractivity contribution is 0.0527. The molecule has 0 saturated carbocycles.